The maximum absolute atomic E-state index is 9.91. The van der Waals surface area contributed by atoms with Crippen LogP contribution in [0.25, 0.3) is 10.9 Å². The lowest BCUT2D eigenvalue weighted by Gasteiger charge is -2.40. The Morgan fingerprint density at radius 2 is 2.11 bits per heavy atom. The summed E-state index contributed by atoms with van der Waals surface area (Å²) in [6, 6.07) is 8.94. The Kier molecular flexibility index (Phi) is 2.26. The van der Waals surface area contributed by atoms with Crippen molar-refractivity contribution in [3.8, 4) is 0 Å². The normalized spacial score (nSPS) is 28.1. The van der Waals surface area contributed by atoms with Gasteiger partial charge in [-0.05, 0) is 30.9 Å². The number of aromatic nitrogens is 1. The molecule has 2 aliphatic heterocycles. The summed E-state index contributed by atoms with van der Waals surface area (Å²) in [6.07, 6.45) is 2.79. The van der Waals surface area contributed by atoms with E-state index in [9.17, 15) is 5.11 Å². The van der Waals surface area contributed by atoms with Gasteiger partial charge >= 0.3 is 0 Å². The zero-order valence-corrected chi connectivity index (χ0v) is 10.4. The Morgan fingerprint density at radius 1 is 1.22 bits per heavy atom. The highest BCUT2D eigenvalue weighted by atomic mass is 16.3. The topological polar surface area (TPSA) is 39.3 Å². The molecule has 1 fully saturated rings. The van der Waals surface area contributed by atoms with Gasteiger partial charge in [0.05, 0.1) is 12.1 Å². The number of nitrogens with one attached hydrogen (secondary N) is 1. The van der Waals surface area contributed by atoms with Crippen LogP contribution in [-0.4, -0.2) is 34.2 Å². The van der Waals surface area contributed by atoms with Gasteiger partial charge in [0, 0.05) is 29.7 Å². The minimum absolute atomic E-state index is 0.136. The van der Waals surface area contributed by atoms with Crippen molar-refractivity contribution in [1.82, 2.24) is 9.88 Å². The Hall–Kier alpha value is -1.32. The van der Waals surface area contributed by atoms with Crippen molar-refractivity contribution in [1.29, 1.82) is 0 Å². The minimum atomic E-state index is -0.136. The van der Waals surface area contributed by atoms with E-state index in [1.54, 1.807) is 0 Å². The molecular formula is C15H18N2O. The van der Waals surface area contributed by atoms with Gasteiger partial charge in [0.2, 0.25) is 0 Å². The zero-order chi connectivity index (χ0) is 12.1. The van der Waals surface area contributed by atoms with Crippen molar-refractivity contribution < 1.29 is 5.11 Å². The monoisotopic (exact) mass is 242 g/mol. The number of aliphatic hydroxyl groups excluding tert-OH is 1. The van der Waals surface area contributed by atoms with Gasteiger partial charge < -0.3 is 10.1 Å². The molecule has 0 radical (unpaired) electrons. The molecule has 2 N–H and O–H groups in total. The van der Waals surface area contributed by atoms with E-state index >= 15 is 0 Å². The number of hydrogen-bond donors (Lipinski definition) is 2. The maximum Gasteiger partial charge on any atom is 0.0571 e. The molecule has 0 unspecified atom stereocenters. The van der Waals surface area contributed by atoms with Gasteiger partial charge in [-0.25, -0.2) is 0 Å². The van der Waals surface area contributed by atoms with E-state index in [4.69, 9.17) is 0 Å². The Bertz CT molecular complexity index is 589. The zero-order valence-electron chi connectivity index (χ0n) is 10.4. The molecule has 3 heteroatoms. The van der Waals surface area contributed by atoms with Gasteiger partial charge in [-0.3, -0.25) is 4.90 Å². The van der Waals surface area contributed by atoms with Crippen LogP contribution in [0, 0.1) is 0 Å². The average Bonchev–Trinajstić information content (AvgIpc) is 2.78. The van der Waals surface area contributed by atoms with Crippen molar-refractivity contribution in [3.63, 3.8) is 0 Å². The highest BCUT2D eigenvalue weighted by Gasteiger charge is 2.34. The summed E-state index contributed by atoms with van der Waals surface area (Å²) in [6.45, 7) is 2.16. The third-order valence-electron chi connectivity index (χ3n) is 4.51. The largest absolute Gasteiger partial charge is 0.393 e. The number of aliphatic hydroxyl groups is 1. The lowest BCUT2D eigenvalue weighted by atomic mass is 9.89. The van der Waals surface area contributed by atoms with Gasteiger partial charge in [-0.1, -0.05) is 18.2 Å². The number of piperidine rings is 1. The van der Waals surface area contributed by atoms with Gasteiger partial charge in [0.25, 0.3) is 0 Å². The molecule has 3 heterocycles. The number of aromatic amines is 1. The number of nitrogens with zero attached hydrogens (tertiary/aromatic N) is 1. The average molecular weight is 242 g/mol. The summed E-state index contributed by atoms with van der Waals surface area (Å²) in [5.41, 5.74) is 4.06. The van der Waals surface area contributed by atoms with Gasteiger partial charge in [0.1, 0.15) is 0 Å². The summed E-state index contributed by atoms with van der Waals surface area (Å²) in [5.74, 6) is 0. The fourth-order valence-corrected chi connectivity index (χ4v) is 3.59. The third kappa shape index (κ3) is 1.44. The third-order valence-corrected chi connectivity index (χ3v) is 4.51. The van der Waals surface area contributed by atoms with Crippen LogP contribution in [0.2, 0.25) is 0 Å². The van der Waals surface area contributed by atoms with Crippen molar-refractivity contribution in [2.75, 3.05) is 13.1 Å². The van der Waals surface area contributed by atoms with Crippen LogP contribution in [0.5, 0.6) is 0 Å². The SMILES string of the molecule is O[C@H]1CCN2CCc3c([nH]c4ccccc34)[C@H]2C1. The second kappa shape index (κ2) is 3.84. The molecule has 18 heavy (non-hydrogen) atoms. The maximum atomic E-state index is 9.91. The molecule has 0 saturated carbocycles. The first-order valence-electron chi connectivity index (χ1n) is 6.84. The van der Waals surface area contributed by atoms with Crippen LogP contribution in [0.15, 0.2) is 24.3 Å². The second-order valence-corrected chi connectivity index (χ2v) is 5.54. The number of fused-ring (bicyclic) bond motifs is 5. The van der Waals surface area contributed by atoms with Gasteiger partial charge in [0.15, 0.2) is 0 Å². The lowest BCUT2D eigenvalue weighted by molar-refractivity contribution is 0.0348. The van der Waals surface area contributed by atoms with Crippen LogP contribution in [0.1, 0.15) is 30.1 Å². The van der Waals surface area contributed by atoms with Gasteiger partial charge in [-0.2, -0.15) is 0 Å². The van der Waals surface area contributed by atoms with Gasteiger partial charge in [-0.15, -0.1) is 0 Å². The molecule has 0 amide bonds. The van der Waals surface area contributed by atoms with Crippen LogP contribution in [0.4, 0.5) is 0 Å². The molecule has 4 rings (SSSR count). The molecule has 0 spiro atoms. The Morgan fingerprint density at radius 3 is 3.06 bits per heavy atom. The van der Waals surface area contributed by atoms with Crippen LogP contribution < -0.4 is 0 Å². The molecule has 0 aliphatic carbocycles. The summed E-state index contributed by atoms with van der Waals surface area (Å²) in [4.78, 5) is 6.10. The van der Waals surface area contributed by atoms with E-state index in [1.807, 2.05) is 0 Å². The highest BCUT2D eigenvalue weighted by Crippen LogP contribution is 2.39. The van der Waals surface area contributed by atoms with Crippen molar-refractivity contribution in [3.05, 3.63) is 35.5 Å². The fraction of sp³-hybridized carbons (Fsp3) is 0.467. The Labute approximate surface area is 106 Å². The van der Waals surface area contributed by atoms with Crippen LogP contribution in [-0.2, 0) is 6.42 Å². The molecule has 1 saturated heterocycles. The smallest absolute Gasteiger partial charge is 0.0571 e. The summed E-state index contributed by atoms with van der Waals surface area (Å²) >= 11 is 0. The number of rotatable bonds is 0. The van der Waals surface area contributed by atoms with E-state index in [-0.39, 0.29) is 6.10 Å². The van der Waals surface area contributed by atoms with E-state index in [0.29, 0.717) is 6.04 Å². The minimum Gasteiger partial charge on any atom is -0.393 e. The van der Waals surface area contributed by atoms with E-state index in [2.05, 4.69) is 34.1 Å². The quantitative estimate of drug-likeness (QED) is 0.743. The summed E-state index contributed by atoms with van der Waals surface area (Å²) < 4.78 is 0. The highest BCUT2D eigenvalue weighted by molar-refractivity contribution is 5.85. The van der Waals surface area contributed by atoms with E-state index in [0.717, 1.165) is 32.4 Å². The van der Waals surface area contributed by atoms with Crippen molar-refractivity contribution in [2.24, 2.45) is 0 Å². The second-order valence-electron chi connectivity index (χ2n) is 5.54. The number of H-pyrrole nitrogens is 1. The fourth-order valence-electron chi connectivity index (χ4n) is 3.59. The lowest BCUT2D eigenvalue weighted by Crippen LogP contribution is -2.42. The molecule has 2 aromatic rings. The first kappa shape index (κ1) is 10.6. The standard InChI is InChI=1S/C15H18N2O/c18-10-5-7-17-8-6-12-11-3-1-2-4-13(11)16-15(12)14(17)9-10/h1-4,10,14,16,18H,5-9H2/t10-,14+/m0/s1. The molecule has 1 aromatic carbocycles. The molecular weight excluding hydrogens is 224 g/mol. The molecule has 0 bridgehead atoms. The van der Waals surface area contributed by atoms with Crippen molar-refractivity contribution in [2.45, 2.75) is 31.4 Å². The molecule has 2 aliphatic rings. The predicted molar refractivity (Wildman–Crippen MR) is 71.6 cm³/mol. The van der Waals surface area contributed by atoms with E-state index in [1.165, 1.54) is 22.2 Å². The van der Waals surface area contributed by atoms with Crippen LogP contribution >= 0.6 is 0 Å². The number of hydrogen-bond acceptors (Lipinski definition) is 2. The summed E-state index contributed by atoms with van der Waals surface area (Å²) in [5, 5.41) is 11.3. The van der Waals surface area contributed by atoms with E-state index < -0.39 is 0 Å². The molecule has 3 nitrogen and oxygen atoms in total. The number of benzene rings is 1. The predicted octanol–water partition coefficient (Wildman–Crippen LogP) is 2.22. The molecule has 1 aromatic heterocycles. The first-order valence-corrected chi connectivity index (χ1v) is 6.84. The van der Waals surface area contributed by atoms with Crippen molar-refractivity contribution >= 4 is 10.9 Å². The van der Waals surface area contributed by atoms with Crippen LogP contribution in [0.3, 0.4) is 0 Å². The number of para-hydroxylation sites is 1. The molecule has 94 valence electrons. The Balaban J connectivity index is 1.86. The summed E-state index contributed by atoms with van der Waals surface area (Å²) in [7, 11) is 0. The molecule has 2 atom stereocenters. The first-order chi connectivity index (χ1) is 8.83.